The molecule has 0 bridgehead atoms. The summed E-state index contributed by atoms with van der Waals surface area (Å²) >= 11 is 2.83. The van der Waals surface area contributed by atoms with E-state index in [9.17, 15) is 13.2 Å². The van der Waals surface area contributed by atoms with Crippen LogP contribution in [0.3, 0.4) is 0 Å². The minimum Gasteiger partial charge on any atom is -0.392 e. The van der Waals surface area contributed by atoms with Crippen molar-refractivity contribution in [1.29, 1.82) is 0 Å². The molecule has 0 fully saturated rings. The summed E-state index contributed by atoms with van der Waals surface area (Å²) in [5, 5.41) is 8.83. The molecule has 5 heteroatoms. The molecule has 1 N–H and O–H groups in total. The molecule has 0 saturated heterocycles. The first kappa shape index (κ1) is 11.5. The van der Waals surface area contributed by atoms with E-state index in [2.05, 4.69) is 15.9 Å². The highest BCUT2D eigenvalue weighted by Crippen LogP contribution is 2.36. The van der Waals surface area contributed by atoms with Crippen LogP contribution in [0, 0.1) is 6.92 Å². The third-order valence-corrected chi connectivity index (χ3v) is 2.56. The molecule has 0 aliphatic heterocycles. The number of benzene rings is 1. The Morgan fingerprint density at radius 3 is 2.36 bits per heavy atom. The quantitative estimate of drug-likeness (QED) is 0.829. The molecule has 0 radical (unpaired) electrons. The van der Waals surface area contributed by atoms with Gasteiger partial charge < -0.3 is 5.11 Å². The molecule has 0 atom stereocenters. The fourth-order valence-corrected chi connectivity index (χ4v) is 1.73. The maximum absolute atomic E-state index is 12.4. The van der Waals surface area contributed by atoms with Gasteiger partial charge in [-0.15, -0.1) is 0 Å². The van der Waals surface area contributed by atoms with Crippen LogP contribution in [-0.2, 0) is 12.8 Å². The summed E-state index contributed by atoms with van der Waals surface area (Å²) < 4.78 is 37.1. The standard InChI is InChI=1S/C9H8BrF3O/c1-5-2-7(9(11,12)13)8(10)3-6(5)4-14/h2-3,14H,4H2,1H3. The van der Waals surface area contributed by atoms with Crippen LogP contribution in [0.1, 0.15) is 16.7 Å². The number of aliphatic hydroxyl groups is 1. The third-order valence-electron chi connectivity index (χ3n) is 1.90. The number of hydrogen-bond acceptors (Lipinski definition) is 1. The van der Waals surface area contributed by atoms with Crippen molar-refractivity contribution in [3.8, 4) is 0 Å². The topological polar surface area (TPSA) is 20.2 Å². The summed E-state index contributed by atoms with van der Waals surface area (Å²) in [4.78, 5) is 0. The van der Waals surface area contributed by atoms with Gasteiger partial charge >= 0.3 is 6.18 Å². The third kappa shape index (κ3) is 2.27. The smallest absolute Gasteiger partial charge is 0.392 e. The van der Waals surface area contributed by atoms with Gasteiger partial charge in [-0.25, -0.2) is 0 Å². The van der Waals surface area contributed by atoms with Gasteiger partial charge in [0.25, 0.3) is 0 Å². The number of aryl methyl sites for hydroxylation is 1. The largest absolute Gasteiger partial charge is 0.417 e. The van der Waals surface area contributed by atoms with Gasteiger partial charge in [-0.3, -0.25) is 0 Å². The average molecular weight is 269 g/mol. The molecule has 1 rings (SSSR count). The van der Waals surface area contributed by atoms with Crippen LogP contribution in [-0.4, -0.2) is 5.11 Å². The molecule has 14 heavy (non-hydrogen) atoms. The zero-order valence-electron chi connectivity index (χ0n) is 7.32. The van der Waals surface area contributed by atoms with E-state index in [4.69, 9.17) is 5.11 Å². The molecule has 0 heterocycles. The zero-order valence-corrected chi connectivity index (χ0v) is 8.91. The molecule has 0 aliphatic carbocycles. The molecule has 0 unspecified atom stereocenters. The minimum absolute atomic E-state index is 0.0420. The molecule has 78 valence electrons. The summed E-state index contributed by atoms with van der Waals surface area (Å²) in [6.07, 6.45) is -4.36. The van der Waals surface area contributed by atoms with Crippen LogP contribution in [0.5, 0.6) is 0 Å². The van der Waals surface area contributed by atoms with Crippen LogP contribution in [0.25, 0.3) is 0 Å². The van der Waals surface area contributed by atoms with E-state index in [1.165, 1.54) is 13.0 Å². The van der Waals surface area contributed by atoms with Gasteiger partial charge in [0, 0.05) is 4.47 Å². The first-order chi connectivity index (χ1) is 6.36. The second-order valence-electron chi connectivity index (χ2n) is 2.91. The van der Waals surface area contributed by atoms with E-state index in [-0.39, 0.29) is 11.1 Å². The highest BCUT2D eigenvalue weighted by molar-refractivity contribution is 9.10. The predicted molar refractivity (Wildman–Crippen MR) is 49.8 cm³/mol. The van der Waals surface area contributed by atoms with Gasteiger partial charge in [0.1, 0.15) is 0 Å². The van der Waals surface area contributed by atoms with Gasteiger partial charge in [0.05, 0.1) is 12.2 Å². The van der Waals surface area contributed by atoms with Crippen LogP contribution in [0.15, 0.2) is 16.6 Å². The zero-order chi connectivity index (χ0) is 10.9. The number of aliphatic hydroxyl groups excluding tert-OH is 1. The van der Waals surface area contributed by atoms with Crippen LogP contribution < -0.4 is 0 Å². The molecule has 1 aromatic rings. The fraction of sp³-hybridized carbons (Fsp3) is 0.333. The Kier molecular flexibility index (Phi) is 3.21. The summed E-state index contributed by atoms with van der Waals surface area (Å²) in [5.74, 6) is 0. The first-order valence-electron chi connectivity index (χ1n) is 3.83. The van der Waals surface area contributed by atoms with Gasteiger partial charge in [-0.05, 0) is 30.2 Å². The lowest BCUT2D eigenvalue weighted by Gasteiger charge is -2.12. The Morgan fingerprint density at radius 1 is 1.36 bits per heavy atom. The Hall–Kier alpha value is -0.550. The molecular weight excluding hydrogens is 261 g/mol. The van der Waals surface area contributed by atoms with Gasteiger partial charge in [-0.2, -0.15) is 13.2 Å². The molecule has 0 amide bonds. The first-order valence-corrected chi connectivity index (χ1v) is 4.62. The van der Waals surface area contributed by atoms with Crippen LogP contribution >= 0.6 is 15.9 Å². The molecule has 1 aromatic carbocycles. The van der Waals surface area contributed by atoms with Gasteiger partial charge in [0.2, 0.25) is 0 Å². The van der Waals surface area contributed by atoms with E-state index < -0.39 is 11.7 Å². The summed E-state index contributed by atoms with van der Waals surface area (Å²) in [6.45, 7) is 1.27. The van der Waals surface area contributed by atoms with E-state index in [1.54, 1.807) is 0 Å². The van der Waals surface area contributed by atoms with E-state index in [0.717, 1.165) is 6.07 Å². The molecule has 0 aliphatic rings. The van der Waals surface area contributed by atoms with Crippen molar-refractivity contribution in [2.45, 2.75) is 19.7 Å². The Labute approximate surface area is 87.7 Å². The Bertz CT molecular complexity index is 347. The lowest BCUT2D eigenvalue weighted by molar-refractivity contribution is -0.138. The van der Waals surface area contributed by atoms with Crippen molar-refractivity contribution in [3.63, 3.8) is 0 Å². The number of alkyl halides is 3. The van der Waals surface area contributed by atoms with Crippen molar-refractivity contribution in [2.75, 3.05) is 0 Å². The van der Waals surface area contributed by atoms with Crippen LogP contribution in [0.4, 0.5) is 13.2 Å². The minimum atomic E-state index is -4.36. The van der Waals surface area contributed by atoms with E-state index in [1.807, 2.05) is 0 Å². The number of hydrogen-bond donors (Lipinski definition) is 1. The fourth-order valence-electron chi connectivity index (χ4n) is 1.11. The summed E-state index contributed by atoms with van der Waals surface area (Å²) in [6, 6.07) is 2.31. The Balaban J connectivity index is 3.29. The highest BCUT2D eigenvalue weighted by atomic mass is 79.9. The average Bonchev–Trinajstić information content (AvgIpc) is 2.06. The van der Waals surface area contributed by atoms with Gasteiger partial charge in [0.15, 0.2) is 0 Å². The Morgan fingerprint density at radius 2 is 1.93 bits per heavy atom. The summed E-state index contributed by atoms with van der Waals surface area (Å²) in [5.41, 5.74) is 0.208. The van der Waals surface area contributed by atoms with Crippen molar-refractivity contribution >= 4 is 15.9 Å². The molecule has 1 nitrogen and oxygen atoms in total. The number of rotatable bonds is 1. The molecule has 0 spiro atoms. The van der Waals surface area contributed by atoms with Crippen molar-refractivity contribution in [2.24, 2.45) is 0 Å². The normalized spacial score (nSPS) is 11.9. The van der Waals surface area contributed by atoms with Crippen molar-refractivity contribution < 1.29 is 18.3 Å². The van der Waals surface area contributed by atoms with E-state index >= 15 is 0 Å². The maximum atomic E-state index is 12.4. The molecular formula is C9H8BrF3O. The van der Waals surface area contributed by atoms with Crippen molar-refractivity contribution in [1.82, 2.24) is 0 Å². The second-order valence-corrected chi connectivity index (χ2v) is 3.77. The lowest BCUT2D eigenvalue weighted by atomic mass is 10.1. The van der Waals surface area contributed by atoms with Gasteiger partial charge in [-0.1, -0.05) is 15.9 Å². The van der Waals surface area contributed by atoms with Crippen molar-refractivity contribution in [3.05, 3.63) is 33.3 Å². The molecule has 0 aromatic heterocycles. The lowest BCUT2D eigenvalue weighted by Crippen LogP contribution is -2.07. The monoisotopic (exact) mass is 268 g/mol. The predicted octanol–water partition coefficient (Wildman–Crippen LogP) is 3.27. The van der Waals surface area contributed by atoms with Crippen LogP contribution in [0.2, 0.25) is 0 Å². The maximum Gasteiger partial charge on any atom is 0.417 e. The molecule has 0 saturated carbocycles. The second kappa shape index (κ2) is 3.90. The highest BCUT2D eigenvalue weighted by Gasteiger charge is 2.33. The van der Waals surface area contributed by atoms with E-state index in [0.29, 0.717) is 11.1 Å². The summed E-state index contributed by atoms with van der Waals surface area (Å²) in [7, 11) is 0. The SMILES string of the molecule is Cc1cc(C(F)(F)F)c(Br)cc1CO. The number of halogens is 4.